The van der Waals surface area contributed by atoms with Crippen molar-refractivity contribution in [2.24, 2.45) is 5.73 Å². The van der Waals surface area contributed by atoms with Crippen LogP contribution in [0.25, 0.3) is 0 Å². The molecule has 0 aliphatic carbocycles. The first-order valence-corrected chi connectivity index (χ1v) is 9.44. The molecule has 2 rings (SSSR count). The highest BCUT2D eigenvalue weighted by Crippen LogP contribution is 2.29. The van der Waals surface area contributed by atoms with E-state index in [4.69, 9.17) is 10.5 Å². The summed E-state index contributed by atoms with van der Waals surface area (Å²) in [6.45, 7) is 7.21. The van der Waals surface area contributed by atoms with Gasteiger partial charge in [0.2, 0.25) is 0 Å². The van der Waals surface area contributed by atoms with Crippen molar-refractivity contribution >= 4 is 0 Å². The van der Waals surface area contributed by atoms with Crippen molar-refractivity contribution < 1.29 is 4.74 Å². The fourth-order valence-electron chi connectivity index (χ4n) is 3.58. The lowest BCUT2D eigenvalue weighted by atomic mass is 9.97. The van der Waals surface area contributed by atoms with Crippen LogP contribution in [0.4, 0.5) is 0 Å². The molecule has 1 fully saturated rings. The number of hydrogen-bond acceptors (Lipinski definition) is 3. The highest BCUT2D eigenvalue weighted by atomic mass is 16.5. The Morgan fingerprint density at radius 2 is 2.13 bits per heavy atom. The van der Waals surface area contributed by atoms with Gasteiger partial charge in [-0.3, -0.25) is 4.90 Å². The first kappa shape index (κ1) is 18.3. The molecule has 130 valence electrons. The first-order valence-electron chi connectivity index (χ1n) is 9.44. The number of hydrogen-bond donors (Lipinski definition) is 1. The molecule has 1 aliphatic rings. The van der Waals surface area contributed by atoms with Gasteiger partial charge in [0.05, 0.1) is 6.61 Å². The largest absolute Gasteiger partial charge is 0.494 e. The quantitative estimate of drug-likeness (QED) is 0.680. The summed E-state index contributed by atoms with van der Waals surface area (Å²) in [5.74, 6) is 0.988. The van der Waals surface area contributed by atoms with Crippen LogP contribution in [0.1, 0.15) is 70.4 Å². The van der Waals surface area contributed by atoms with E-state index in [1.807, 2.05) is 0 Å². The fraction of sp³-hybridized carbons (Fsp3) is 0.700. The molecule has 0 aromatic heterocycles. The third kappa shape index (κ3) is 5.50. The van der Waals surface area contributed by atoms with Gasteiger partial charge in [-0.1, -0.05) is 44.7 Å². The first-order chi connectivity index (χ1) is 11.3. The molecule has 0 radical (unpaired) electrons. The van der Waals surface area contributed by atoms with Gasteiger partial charge in [-0.05, 0) is 50.4 Å². The molecular weight excluding hydrogens is 284 g/mol. The van der Waals surface area contributed by atoms with Crippen LogP contribution in [0, 0.1) is 0 Å². The predicted molar refractivity (Wildman–Crippen MR) is 97.9 cm³/mol. The Kier molecular flexibility index (Phi) is 7.90. The monoisotopic (exact) mass is 318 g/mol. The number of likely N-dealkylation sites (tertiary alicyclic amines) is 1. The lowest BCUT2D eigenvalue weighted by Gasteiger charge is -2.39. The molecule has 2 N–H and O–H groups in total. The number of nitrogens with zero attached hydrogens (tertiary/aromatic N) is 1. The molecule has 3 heteroatoms. The average Bonchev–Trinajstić information content (AvgIpc) is 2.57. The second-order valence-corrected chi connectivity index (χ2v) is 6.82. The number of ether oxygens (including phenoxy) is 1. The van der Waals surface area contributed by atoms with Crippen molar-refractivity contribution in [3.05, 3.63) is 29.8 Å². The van der Waals surface area contributed by atoms with Crippen molar-refractivity contribution in [1.82, 2.24) is 4.90 Å². The zero-order chi connectivity index (χ0) is 16.5. The van der Waals surface area contributed by atoms with Crippen molar-refractivity contribution in [2.75, 3.05) is 19.7 Å². The summed E-state index contributed by atoms with van der Waals surface area (Å²) < 4.78 is 5.94. The molecule has 0 spiro atoms. The maximum absolute atomic E-state index is 6.12. The smallest absolute Gasteiger partial charge is 0.119 e. The molecule has 1 heterocycles. The van der Waals surface area contributed by atoms with Crippen LogP contribution < -0.4 is 10.5 Å². The molecule has 0 bridgehead atoms. The lowest BCUT2D eigenvalue weighted by molar-refractivity contribution is 0.108. The SMILES string of the molecule is CCCCCCOc1cccc(C(CN)N2CCCCC2C)c1. The summed E-state index contributed by atoms with van der Waals surface area (Å²) in [4.78, 5) is 2.57. The maximum Gasteiger partial charge on any atom is 0.119 e. The predicted octanol–water partition coefficient (Wildman–Crippen LogP) is 4.52. The minimum atomic E-state index is 0.314. The van der Waals surface area contributed by atoms with Gasteiger partial charge in [-0.25, -0.2) is 0 Å². The molecule has 1 aromatic carbocycles. The Bertz CT molecular complexity index is 449. The minimum absolute atomic E-state index is 0.314. The van der Waals surface area contributed by atoms with E-state index in [1.165, 1.54) is 44.1 Å². The number of piperidine rings is 1. The van der Waals surface area contributed by atoms with Crippen LogP contribution in [0.3, 0.4) is 0 Å². The highest BCUT2D eigenvalue weighted by Gasteiger charge is 2.26. The Labute approximate surface area is 142 Å². The van der Waals surface area contributed by atoms with E-state index in [9.17, 15) is 0 Å². The normalized spacial score (nSPS) is 20.4. The van der Waals surface area contributed by atoms with E-state index < -0.39 is 0 Å². The average molecular weight is 319 g/mol. The van der Waals surface area contributed by atoms with Crippen LogP contribution in [-0.2, 0) is 0 Å². The molecule has 1 aliphatic heterocycles. The van der Waals surface area contributed by atoms with Crippen molar-refractivity contribution in [2.45, 2.75) is 70.9 Å². The van der Waals surface area contributed by atoms with Crippen molar-refractivity contribution in [3.63, 3.8) is 0 Å². The van der Waals surface area contributed by atoms with Gasteiger partial charge in [0.15, 0.2) is 0 Å². The zero-order valence-electron chi connectivity index (χ0n) is 15.0. The lowest BCUT2D eigenvalue weighted by Crippen LogP contribution is -2.43. The summed E-state index contributed by atoms with van der Waals surface area (Å²) >= 11 is 0. The number of nitrogens with two attached hydrogens (primary N) is 1. The Hall–Kier alpha value is -1.06. The summed E-state index contributed by atoms with van der Waals surface area (Å²) in [6.07, 6.45) is 8.87. The van der Waals surface area contributed by atoms with E-state index in [2.05, 4.69) is 43.0 Å². The molecule has 1 saturated heterocycles. The van der Waals surface area contributed by atoms with Gasteiger partial charge >= 0.3 is 0 Å². The van der Waals surface area contributed by atoms with Crippen LogP contribution >= 0.6 is 0 Å². The number of rotatable bonds is 9. The van der Waals surface area contributed by atoms with Crippen LogP contribution in [0.2, 0.25) is 0 Å². The standard InChI is InChI=1S/C20H34N2O/c1-3-4-5-8-14-23-19-12-9-11-18(15-19)20(16-21)22-13-7-6-10-17(22)2/h9,11-12,15,17,20H,3-8,10,13-14,16,21H2,1-2H3. The summed E-state index contributed by atoms with van der Waals surface area (Å²) in [5.41, 5.74) is 7.42. The topological polar surface area (TPSA) is 38.5 Å². The molecular formula is C20H34N2O. The second kappa shape index (κ2) is 9.94. The second-order valence-electron chi connectivity index (χ2n) is 6.82. The Morgan fingerprint density at radius 3 is 2.87 bits per heavy atom. The number of benzene rings is 1. The molecule has 0 amide bonds. The van der Waals surface area contributed by atoms with Gasteiger partial charge < -0.3 is 10.5 Å². The van der Waals surface area contributed by atoms with E-state index in [-0.39, 0.29) is 0 Å². The highest BCUT2D eigenvalue weighted by molar-refractivity contribution is 5.31. The van der Waals surface area contributed by atoms with Crippen LogP contribution in [0.15, 0.2) is 24.3 Å². The van der Waals surface area contributed by atoms with Crippen LogP contribution in [-0.4, -0.2) is 30.6 Å². The molecule has 23 heavy (non-hydrogen) atoms. The summed E-state index contributed by atoms with van der Waals surface area (Å²) in [5, 5.41) is 0. The van der Waals surface area contributed by atoms with Gasteiger partial charge in [0, 0.05) is 18.6 Å². The zero-order valence-corrected chi connectivity index (χ0v) is 15.0. The van der Waals surface area contributed by atoms with Crippen LogP contribution in [0.5, 0.6) is 5.75 Å². The third-order valence-electron chi connectivity index (χ3n) is 4.99. The molecule has 2 atom stereocenters. The van der Waals surface area contributed by atoms with Crippen molar-refractivity contribution in [1.29, 1.82) is 0 Å². The molecule has 2 unspecified atom stereocenters. The fourth-order valence-corrected chi connectivity index (χ4v) is 3.58. The van der Waals surface area contributed by atoms with Gasteiger partial charge in [-0.15, -0.1) is 0 Å². The molecule has 3 nitrogen and oxygen atoms in total. The van der Waals surface area contributed by atoms with Gasteiger partial charge in [-0.2, -0.15) is 0 Å². The Morgan fingerprint density at radius 1 is 1.26 bits per heavy atom. The minimum Gasteiger partial charge on any atom is -0.494 e. The Balaban J connectivity index is 1.96. The summed E-state index contributed by atoms with van der Waals surface area (Å²) in [6, 6.07) is 9.50. The van der Waals surface area contributed by atoms with Crippen molar-refractivity contribution in [3.8, 4) is 5.75 Å². The van der Waals surface area contributed by atoms with E-state index >= 15 is 0 Å². The number of unbranched alkanes of at least 4 members (excludes halogenated alkanes) is 3. The third-order valence-corrected chi connectivity index (χ3v) is 4.99. The van der Waals surface area contributed by atoms with E-state index in [0.29, 0.717) is 18.6 Å². The van der Waals surface area contributed by atoms with E-state index in [1.54, 1.807) is 0 Å². The van der Waals surface area contributed by atoms with E-state index in [0.717, 1.165) is 25.3 Å². The maximum atomic E-state index is 6.12. The summed E-state index contributed by atoms with van der Waals surface area (Å²) in [7, 11) is 0. The van der Waals surface area contributed by atoms with Gasteiger partial charge in [0.1, 0.15) is 5.75 Å². The molecule has 0 saturated carbocycles. The molecule has 1 aromatic rings. The van der Waals surface area contributed by atoms with Gasteiger partial charge in [0.25, 0.3) is 0 Å².